The number of benzene rings is 1. The number of nitrogens with one attached hydrogen (secondary N) is 2. The molecule has 2 amide bonds. The first-order valence-corrected chi connectivity index (χ1v) is 5.99. The van der Waals surface area contributed by atoms with Gasteiger partial charge in [-0.15, -0.1) is 0 Å². The first kappa shape index (κ1) is 13.3. The van der Waals surface area contributed by atoms with Gasteiger partial charge in [0, 0.05) is 15.7 Å². The third-order valence-corrected chi connectivity index (χ3v) is 2.90. The largest absolute Gasteiger partial charge is 0.333 e. The molecule has 1 rings (SSSR count). The van der Waals surface area contributed by atoms with E-state index in [0.717, 1.165) is 4.47 Å². The Kier molecular flexibility index (Phi) is 4.21. The average molecular weight is 306 g/mol. The van der Waals surface area contributed by atoms with E-state index in [9.17, 15) is 4.79 Å². The Morgan fingerprint density at radius 1 is 1.38 bits per heavy atom. The summed E-state index contributed by atoms with van der Waals surface area (Å²) in [5.41, 5.74) is 0.401. The smallest absolute Gasteiger partial charge is 0.319 e. The van der Waals surface area contributed by atoms with Crippen molar-refractivity contribution < 1.29 is 4.79 Å². The van der Waals surface area contributed by atoms with Crippen LogP contribution in [-0.2, 0) is 0 Å². The van der Waals surface area contributed by atoms with Gasteiger partial charge in [-0.2, -0.15) is 0 Å². The van der Waals surface area contributed by atoms with E-state index in [0.29, 0.717) is 10.7 Å². The van der Waals surface area contributed by atoms with Crippen molar-refractivity contribution in [1.29, 1.82) is 0 Å². The van der Waals surface area contributed by atoms with Gasteiger partial charge in [0.05, 0.1) is 5.02 Å². The maximum absolute atomic E-state index is 11.5. The van der Waals surface area contributed by atoms with Crippen molar-refractivity contribution in [2.45, 2.75) is 26.3 Å². The Morgan fingerprint density at radius 3 is 2.50 bits per heavy atom. The van der Waals surface area contributed by atoms with E-state index in [4.69, 9.17) is 11.6 Å². The molecule has 0 spiro atoms. The molecule has 0 aliphatic heterocycles. The summed E-state index contributed by atoms with van der Waals surface area (Å²) in [4.78, 5) is 11.5. The van der Waals surface area contributed by atoms with Crippen LogP contribution in [0.25, 0.3) is 0 Å². The molecule has 0 saturated carbocycles. The second-order valence-corrected chi connectivity index (χ2v) is 5.72. The van der Waals surface area contributed by atoms with Gasteiger partial charge in [0.1, 0.15) is 0 Å². The van der Waals surface area contributed by atoms with Gasteiger partial charge in [0.2, 0.25) is 0 Å². The lowest BCUT2D eigenvalue weighted by atomic mass is 10.1. The summed E-state index contributed by atoms with van der Waals surface area (Å²) < 4.78 is 0.802. The average Bonchev–Trinajstić information content (AvgIpc) is 2.08. The van der Waals surface area contributed by atoms with Crippen LogP contribution >= 0.6 is 27.5 Å². The molecule has 3 nitrogen and oxygen atoms in total. The van der Waals surface area contributed by atoms with Crippen LogP contribution in [0.4, 0.5) is 10.5 Å². The summed E-state index contributed by atoms with van der Waals surface area (Å²) in [6, 6.07) is 5.01. The maximum atomic E-state index is 11.5. The van der Waals surface area contributed by atoms with E-state index in [1.807, 2.05) is 20.8 Å². The third-order valence-electron chi connectivity index (χ3n) is 1.67. The highest BCUT2D eigenvalue weighted by Gasteiger charge is 2.13. The predicted octanol–water partition coefficient (Wildman–Crippen LogP) is 4.02. The Balaban J connectivity index is 2.67. The number of hydrogen-bond acceptors (Lipinski definition) is 1. The van der Waals surface area contributed by atoms with Gasteiger partial charge < -0.3 is 10.6 Å². The topological polar surface area (TPSA) is 41.1 Å². The molecule has 0 bridgehead atoms. The fourth-order valence-corrected chi connectivity index (χ4v) is 1.50. The monoisotopic (exact) mass is 304 g/mol. The minimum atomic E-state index is -0.261. The predicted molar refractivity (Wildman–Crippen MR) is 71.1 cm³/mol. The van der Waals surface area contributed by atoms with Gasteiger partial charge >= 0.3 is 6.03 Å². The number of anilines is 1. The summed E-state index contributed by atoms with van der Waals surface area (Å²) in [6.07, 6.45) is 0. The van der Waals surface area contributed by atoms with Crippen LogP contribution in [-0.4, -0.2) is 11.6 Å². The zero-order valence-electron chi connectivity index (χ0n) is 9.40. The fraction of sp³-hybridized carbons (Fsp3) is 0.364. The van der Waals surface area contributed by atoms with Gasteiger partial charge in [0.15, 0.2) is 0 Å². The first-order valence-electron chi connectivity index (χ1n) is 4.82. The minimum absolute atomic E-state index is 0.245. The Labute approximate surface area is 109 Å². The van der Waals surface area contributed by atoms with Gasteiger partial charge in [-0.3, -0.25) is 0 Å². The maximum Gasteiger partial charge on any atom is 0.319 e. The van der Waals surface area contributed by atoms with Crippen LogP contribution in [0.15, 0.2) is 22.7 Å². The van der Waals surface area contributed by atoms with Gasteiger partial charge in [0.25, 0.3) is 0 Å². The molecule has 0 atom stereocenters. The van der Waals surface area contributed by atoms with Gasteiger partial charge in [-0.05, 0) is 54.9 Å². The molecule has 1 aromatic rings. The highest BCUT2D eigenvalue weighted by atomic mass is 79.9. The Hall–Kier alpha value is -0.740. The molecule has 0 unspecified atom stereocenters. The lowest BCUT2D eigenvalue weighted by Crippen LogP contribution is -2.43. The van der Waals surface area contributed by atoms with Crippen molar-refractivity contribution in [3.8, 4) is 0 Å². The molecule has 16 heavy (non-hydrogen) atoms. The lowest BCUT2D eigenvalue weighted by Gasteiger charge is -2.20. The zero-order chi connectivity index (χ0) is 12.3. The van der Waals surface area contributed by atoms with Crippen LogP contribution < -0.4 is 10.6 Å². The summed E-state index contributed by atoms with van der Waals surface area (Å²) in [5, 5.41) is 6.07. The van der Waals surface area contributed by atoms with E-state index in [1.165, 1.54) is 0 Å². The second-order valence-electron chi connectivity index (χ2n) is 4.46. The summed E-state index contributed by atoms with van der Waals surface area (Å²) in [6.45, 7) is 5.75. The molecule has 0 radical (unpaired) electrons. The van der Waals surface area contributed by atoms with Crippen molar-refractivity contribution in [2.24, 2.45) is 0 Å². The molecule has 0 aliphatic carbocycles. The SMILES string of the molecule is CC(C)(C)NC(=O)Nc1ccc(Br)c(Cl)c1. The lowest BCUT2D eigenvalue weighted by molar-refractivity contribution is 0.244. The van der Waals surface area contributed by atoms with Crippen molar-refractivity contribution in [1.82, 2.24) is 5.32 Å². The van der Waals surface area contributed by atoms with Crippen LogP contribution in [0.1, 0.15) is 20.8 Å². The Bertz CT molecular complexity index is 401. The van der Waals surface area contributed by atoms with E-state index in [1.54, 1.807) is 18.2 Å². The van der Waals surface area contributed by atoms with Crippen LogP contribution in [0, 0.1) is 0 Å². The van der Waals surface area contributed by atoms with Crippen LogP contribution in [0.2, 0.25) is 5.02 Å². The van der Waals surface area contributed by atoms with Crippen molar-refractivity contribution in [3.05, 3.63) is 27.7 Å². The first-order chi connectivity index (χ1) is 7.28. The quantitative estimate of drug-likeness (QED) is 0.808. The minimum Gasteiger partial charge on any atom is -0.333 e. The zero-order valence-corrected chi connectivity index (χ0v) is 11.7. The molecule has 5 heteroatoms. The standard InChI is InChI=1S/C11H14BrClN2O/c1-11(2,3)15-10(16)14-7-4-5-8(12)9(13)6-7/h4-6H,1-3H3,(H2,14,15,16). The van der Waals surface area contributed by atoms with Crippen LogP contribution in [0.5, 0.6) is 0 Å². The Morgan fingerprint density at radius 2 is 2.00 bits per heavy atom. The number of carbonyl (C=O) groups excluding carboxylic acids is 1. The molecule has 0 saturated heterocycles. The van der Waals surface area contributed by atoms with Crippen molar-refractivity contribution >= 4 is 39.2 Å². The molecular formula is C11H14BrClN2O. The number of hydrogen-bond donors (Lipinski definition) is 2. The number of halogens is 2. The third kappa shape index (κ3) is 4.41. The molecule has 0 aliphatic rings. The number of carbonyl (C=O) groups is 1. The van der Waals surface area contributed by atoms with Gasteiger partial charge in [-0.25, -0.2) is 4.79 Å². The molecule has 1 aromatic carbocycles. The number of amides is 2. The molecule has 0 heterocycles. The van der Waals surface area contributed by atoms with E-state index < -0.39 is 0 Å². The van der Waals surface area contributed by atoms with E-state index >= 15 is 0 Å². The molecule has 88 valence electrons. The highest BCUT2D eigenvalue weighted by Crippen LogP contribution is 2.25. The van der Waals surface area contributed by atoms with E-state index in [2.05, 4.69) is 26.6 Å². The molecular weight excluding hydrogens is 291 g/mol. The summed E-state index contributed by atoms with van der Waals surface area (Å²) >= 11 is 9.20. The van der Waals surface area contributed by atoms with E-state index in [-0.39, 0.29) is 11.6 Å². The number of rotatable bonds is 1. The second kappa shape index (κ2) is 5.06. The van der Waals surface area contributed by atoms with Crippen molar-refractivity contribution in [2.75, 3.05) is 5.32 Å². The fourth-order valence-electron chi connectivity index (χ4n) is 1.08. The number of urea groups is 1. The normalized spacial score (nSPS) is 11.1. The van der Waals surface area contributed by atoms with Crippen molar-refractivity contribution in [3.63, 3.8) is 0 Å². The molecule has 0 fully saturated rings. The summed E-state index contributed by atoms with van der Waals surface area (Å²) in [5.74, 6) is 0. The summed E-state index contributed by atoms with van der Waals surface area (Å²) in [7, 11) is 0. The molecule has 0 aromatic heterocycles. The van der Waals surface area contributed by atoms with Crippen LogP contribution in [0.3, 0.4) is 0 Å². The highest BCUT2D eigenvalue weighted by molar-refractivity contribution is 9.10. The van der Waals surface area contributed by atoms with Gasteiger partial charge in [-0.1, -0.05) is 11.6 Å². The molecule has 2 N–H and O–H groups in total.